The van der Waals surface area contributed by atoms with Crippen molar-refractivity contribution in [2.75, 3.05) is 13.2 Å². The van der Waals surface area contributed by atoms with Crippen LogP contribution in [0.15, 0.2) is 41.4 Å². The van der Waals surface area contributed by atoms with Gasteiger partial charge in [-0.15, -0.1) is 0 Å². The highest BCUT2D eigenvalue weighted by Gasteiger charge is 2.18. The van der Waals surface area contributed by atoms with Gasteiger partial charge in [-0.2, -0.15) is 4.72 Å². The Bertz CT molecular complexity index is 850. The average Bonchev–Trinajstić information content (AvgIpc) is 3.07. The molecule has 128 valence electrons. The number of carbonyl (C=O) groups excluding carboxylic acids is 2. The number of benzene rings is 1. The second kappa shape index (κ2) is 7.80. The summed E-state index contributed by atoms with van der Waals surface area (Å²) in [5.41, 5.74) is 0.291. The smallest absolute Gasteiger partial charge is 0.321 e. The van der Waals surface area contributed by atoms with Crippen LogP contribution in [0.5, 0.6) is 0 Å². The van der Waals surface area contributed by atoms with Crippen molar-refractivity contribution in [3.63, 3.8) is 0 Å². The van der Waals surface area contributed by atoms with Gasteiger partial charge in [-0.05, 0) is 30.3 Å². The van der Waals surface area contributed by atoms with Crippen molar-refractivity contribution in [2.24, 2.45) is 0 Å². The number of hydrogen-bond acceptors (Lipinski definition) is 5. The number of esters is 1. The van der Waals surface area contributed by atoms with Crippen LogP contribution in [0.25, 0.3) is 0 Å². The van der Waals surface area contributed by atoms with E-state index in [1.165, 1.54) is 18.2 Å². The van der Waals surface area contributed by atoms with Gasteiger partial charge in [0.1, 0.15) is 6.54 Å². The van der Waals surface area contributed by atoms with E-state index >= 15 is 0 Å². The van der Waals surface area contributed by atoms with Crippen LogP contribution in [0.3, 0.4) is 0 Å². The third kappa shape index (κ3) is 4.81. The SMILES string of the molecule is O=C(CNS(=O)(=O)c1ccc(Cl)c(Cl)c1)OCC(=O)c1ccc[nH]1. The number of ketones is 1. The van der Waals surface area contributed by atoms with E-state index in [1.54, 1.807) is 12.3 Å². The lowest BCUT2D eigenvalue weighted by molar-refractivity contribution is -0.141. The number of halogens is 2. The molecule has 0 fully saturated rings. The minimum Gasteiger partial charge on any atom is -0.456 e. The quantitative estimate of drug-likeness (QED) is 0.555. The van der Waals surface area contributed by atoms with Gasteiger partial charge in [0.2, 0.25) is 15.8 Å². The van der Waals surface area contributed by atoms with Crippen molar-refractivity contribution in [3.8, 4) is 0 Å². The lowest BCUT2D eigenvalue weighted by Crippen LogP contribution is -2.31. The normalized spacial score (nSPS) is 11.2. The number of hydrogen-bond donors (Lipinski definition) is 2. The molecule has 10 heteroatoms. The van der Waals surface area contributed by atoms with E-state index in [9.17, 15) is 18.0 Å². The van der Waals surface area contributed by atoms with Crippen LogP contribution in [0.4, 0.5) is 0 Å². The summed E-state index contributed by atoms with van der Waals surface area (Å²) in [6, 6.07) is 6.89. The van der Waals surface area contributed by atoms with Crippen molar-refractivity contribution >= 4 is 45.0 Å². The minimum absolute atomic E-state index is 0.0682. The number of Topliss-reactive ketones (excluding diaryl/α,β-unsaturated/α-hetero) is 1. The number of H-pyrrole nitrogens is 1. The molecule has 7 nitrogen and oxygen atoms in total. The summed E-state index contributed by atoms with van der Waals surface area (Å²) in [6.07, 6.45) is 1.56. The van der Waals surface area contributed by atoms with Gasteiger partial charge in [-0.1, -0.05) is 23.2 Å². The molecule has 0 saturated heterocycles. The fourth-order valence-electron chi connectivity index (χ4n) is 1.66. The molecule has 2 rings (SSSR count). The highest BCUT2D eigenvalue weighted by molar-refractivity contribution is 7.89. The highest BCUT2D eigenvalue weighted by atomic mass is 35.5. The first kappa shape index (κ1) is 18.5. The summed E-state index contributed by atoms with van der Waals surface area (Å²) in [6.45, 7) is -1.12. The Labute approximate surface area is 148 Å². The molecule has 0 spiro atoms. The van der Waals surface area contributed by atoms with Crippen molar-refractivity contribution < 1.29 is 22.7 Å². The summed E-state index contributed by atoms with van der Waals surface area (Å²) in [5, 5.41) is 0.275. The van der Waals surface area contributed by atoms with Crippen LogP contribution in [-0.2, 0) is 19.6 Å². The van der Waals surface area contributed by atoms with Gasteiger partial charge in [-0.3, -0.25) is 9.59 Å². The molecule has 0 bridgehead atoms. The van der Waals surface area contributed by atoms with Gasteiger partial charge in [-0.25, -0.2) is 8.42 Å². The van der Waals surface area contributed by atoms with Crippen molar-refractivity contribution in [2.45, 2.75) is 4.90 Å². The van der Waals surface area contributed by atoms with E-state index in [0.717, 1.165) is 6.07 Å². The first-order chi connectivity index (χ1) is 11.3. The van der Waals surface area contributed by atoms with Crippen LogP contribution in [0, 0.1) is 0 Å². The summed E-state index contributed by atoms with van der Waals surface area (Å²) in [7, 11) is -3.96. The molecule has 1 aromatic heterocycles. The third-order valence-electron chi connectivity index (χ3n) is 2.87. The van der Waals surface area contributed by atoms with Gasteiger partial charge in [0.25, 0.3) is 0 Å². The zero-order valence-electron chi connectivity index (χ0n) is 12.1. The van der Waals surface area contributed by atoms with E-state index in [4.69, 9.17) is 27.9 Å². The van der Waals surface area contributed by atoms with E-state index in [0.29, 0.717) is 5.69 Å². The molecule has 2 aromatic rings. The lowest BCUT2D eigenvalue weighted by Gasteiger charge is -2.08. The molecule has 0 radical (unpaired) electrons. The van der Waals surface area contributed by atoms with Crippen LogP contribution in [0.2, 0.25) is 10.0 Å². The molecule has 0 saturated carbocycles. The Morgan fingerprint density at radius 1 is 1.17 bits per heavy atom. The first-order valence-electron chi connectivity index (χ1n) is 6.56. The molecule has 0 unspecified atom stereocenters. The standard InChI is InChI=1S/C14H12Cl2N2O5S/c15-10-4-3-9(6-11(10)16)24(21,22)18-7-14(20)23-8-13(19)12-2-1-5-17-12/h1-6,17-18H,7-8H2. The number of nitrogens with one attached hydrogen (secondary N) is 2. The molecule has 2 N–H and O–H groups in total. The molecule has 1 heterocycles. The maximum atomic E-state index is 12.0. The van der Waals surface area contributed by atoms with Gasteiger partial charge >= 0.3 is 5.97 Å². The maximum absolute atomic E-state index is 12.0. The number of aromatic amines is 1. The average molecular weight is 391 g/mol. The summed E-state index contributed by atoms with van der Waals surface area (Å²) < 4.78 is 30.8. The Morgan fingerprint density at radius 2 is 1.92 bits per heavy atom. The summed E-state index contributed by atoms with van der Waals surface area (Å²) in [4.78, 5) is 25.7. The second-order valence-electron chi connectivity index (χ2n) is 4.57. The zero-order valence-corrected chi connectivity index (χ0v) is 14.4. The summed E-state index contributed by atoms with van der Waals surface area (Å²) >= 11 is 11.5. The van der Waals surface area contributed by atoms with Crippen molar-refractivity contribution in [1.82, 2.24) is 9.71 Å². The van der Waals surface area contributed by atoms with Gasteiger partial charge in [0, 0.05) is 6.20 Å². The Hall–Kier alpha value is -1.87. The molecule has 0 aliphatic heterocycles. The summed E-state index contributed by atoms with van der Waals surface area (Å²) in [5.74, 6) is -1.32. The largest absolute Gasteiger partial charge is 0.456 e. The van der Waals surface area contributed by atoms with Gasteiger partial charge < -0.3 is 9.72 Å². The number of ether oxygens (including phenoxy) is 1. The number of sulfonamides is 1. The molecule has 0 aliphatic carbocycles. The second-order valence-corrected chi connectivity index (χ2v) is 7.15. The lowest BCUT2D eigenvalue weighted by atomic mass is 10.3. The zero-order chi connectivity index (χ0) is 17.7. The topological polar surface area (TPSA) is 105 Å². The Balaban J connectivity index is 1.88. The van der Waals surface area contributed by atoms with Crippen LogP contribution < -0.4 is 4.72 Å². The monoisotopic (exact) mass is 390 g/mol. The molecule has 24 heavy (non-hydrogen) atoms. The Morgan fingerprint density at radius 3 is 2.54 bits per heavy atom. The van der Waals surface area contributed by atoms with E-state index in [2.05, 4.69) is 9.71 Å². The molecule has 1 aromatic carbocycles. The van der Waals surface area contributed by atoms with E-state index in [-0.39, 0.29) is 14.9 Å². The minimum atomic E-state index is -3.96. The molecular weight excluding hydrogens is 379 g/mol. The van der Waals surface area contributed by atoms with Crippen molar-refractivity contribution in [3.05, 3.63) is 52.3 Å². The first-order valence-corrected chi connectivity index (χ1v) is 8.80. The van der Waals surface area contributed by atoms with Crippen LogP contribution in [0.1, 0.15) is 10.5 Å². The van der Waals surface area contributed by atoms with E-state index in [1.807, 2.05) is 0 Å². The number of rotatable bonds is 7. The molecule has 0 atom stereocenters. The number of aromatic nitrogens is 1. The van der Waals surface area contributed by atoms with E-state index < -0.39 is 34.9 Å². The Kier molecular flexibility index (Phi) is 6.00. The predicted octanol–water partition coefficient (Wildman–Crippen LogP) is 2.03. The fourth-order valence-corrected chi connectivity index (χ4v) is 3.02. The van der Waals surface area contributed by atoms with Gasteiger partial charge in [0.05, 0.1) is 20.6 Å². The molecule has 0 aliphatic rings. The molecular formula is C14H12Cl2N2O5S. The predicted molar refractivity (Wildman–Crippen MR) is 87.7 cm³/mol. The fraction of sp³-hybridized carbons (Fsp3) is 0.143. The van der Waals surface area contributed by atoms with Gasteiger partial charge in [0.15, 0.2) is 6.61 Å². The van der Waals surface area contributed by atoms with Crippen molar-refractivity contribution in [1.29, 1.82) is 0 Å². The highest BCUT2D eigenvalue weighted by Crippen LogP contribution is 2.24. The maximum Gasteiger partial charge on any atom is 0.321 e. The number of carbonyl (C=O) groups is 2. The third-order valence-corrected chi connectivity index (χ3v) is 5.01. The van der Waals surface area contributed by atoms with Crippen LogP contribution in [-0.4, -0.2) is 38.3 Å². The molecule has 0 amide bonds. The van der Waals surface area contributed by atoms with Crippen LogP contribution >= 0.6 is 23.2 Å².